The van der Waals surface area contributed by atoms with Gasteiger partial charge in [-0.25, -0.2) is 4.79 Å². The van der Waals surface area contributed by atoms with Gasteiger partial charge in [-0.05, 0) is 17.7 Å². The van der Waals surface area contributed by atoms with Gasteiger partial charge in [0, 0.05) is 17.8 Å². The Morgan fingerprint density at radius 1 is 1.21 bits per heavy atom. The molecule has 0 atom stereocenters. The molecule has 0 aliphatic rings. The van der Waals surface area contributed by atoms with Crippen LogP contribution in [0.3, 0.4) is 0 Å². The van der Waals surface area contributed by atoms with E-state index in [1.807, 2.05) is 0 Å². The number of aromatic nitrogens is 1. The van der Waals surface area contributed by atoms with Gasteiger partial charge in [0.1, 0.15) is 0 Å². The molecule has 98 valence electrons. The second-order valence-electron chi connectivity index (χ2n) is 3.75. The molecular weight excluding hydrogens is 289 g/mol. The van der Waals surface area contributed by atoms with Crippen molar-refractivity contribution in [2.45, 2.75) is 0 Å². The number of hydrogen-bond donors (Lipinski definition) is 1. The van der Waals surface area contributed by atoms with Gasteiger partial charge in [0.15, 0.2) is 0 Å². The summed E-state index contributed by atoms with van der Waals surface area (Å²) >= 11 is 11.8. The van der Waals surface area contributed by atoms with E-state index >= 15 is 0 Å². The van der Waals surface area contributed by atoms with Crippen molar-refractivity contribution < 1.29 is 9.53 Å². The van der Waals surface area contributed by atoms with Gasteiger partial charge in [-0.2, -0.15) is 0 Å². The molecule has 0 saturated carbocycles. The molecule has 0 aliphatic heterocycles. The van der Waals surface area contributed by atoms with Crippen molar-refractivity contribution in [2.75, 3.05) is 7.11 Å². The zero-order valence-electron chi connectivity index (χ0n) is 9.87. The van der Waals surface area contributed by atoms with E-state index in [1.54, 1.807) is 18.2 Å². The van der Waals surface area contributed by atoms with Crippen LogP contribution < -0.4 is 5.56 Å². The fourth-order valence-electron chi connectivity index (χ4n) is 1.65. The third-order valence-electron chi connectivity index (χ3n) is 2.56. The van der Waals surface area contributed by atoms with Crippen molar-refractivity contribution >= 4 is 29.2 Å². The van der Waals surface area contributed by atoms with Crippen molar-refractivity contribution in [1.29, 1.82) is 0 Å². The Morgan fingerprint density at radius 2 is 1.95 bits per heavy atom. The maximum atomic E-state index is 11.7. The third kappa shape index (κ3) is 2.80. The number of nitrogens with one attached hydrogen (secondary N) is 1. The minimum absolute atomic E-state index is 0.171. The maximum Gasteiger partial charge on any atom is 0.338 e. The molecule has 0 aliphatic carbocycles. The number of carbonyl (C=O) groups is 1. The molecule has 2 aromatic rings. The molecule has 1 heterocycles. The summed E-state index contributed by atoms with van der Waals surface area (Å²) in [4.78, 5) is 25.5. The predicted octanol–water partition coefficient (Wildman–Crippen LogP) is 3.14. The molecule has 0 unspecified atom stereocenters. The fraction of sp³-hybridized carbons (Fsp3) is 0.0769. The first-order valence-corrected chi connectivity index (χ1v) is 6.05. The highest BCUT2D eigenvalue weighted by molar-refractivity contribution is 6.42. The molecule has 1 N–H and O–H groups in total. The number of carbonyl (C=O) groups excluding carboxylic acids is 1. The van der Waals surface area contributed by atoms with E-state index in [0.29, 0.717) is 21.2 Å². The van der Waals surface area contributed by atoms with Crippen LogP contribution in [0, 0.1) is 0 Å². The van der Waals surface area contributed by atoms with Crippen LogP contribution in [0.5, 0.6) is 0 Å². The molecular formula is C13H9Cl2NO3. The van der Waals surface area contributed by atoms with Gasteiger partial charge in [0.25, 0.3) is 0 Å². The van der Waals surface area contributed by atoms with Gasteiger partial charge >= 0.3 is 5.97 Å². The van der Waals surface area contributed by atoms with Gasteiger partial charge in [-0.1, -0.05) is 29.3 Å². The predicted molar refractivity (Wildman–Crippen MR) is 73.9 cm³/mol. The summed E-state index contributed by atoms with van der Waals surface area (Å²) in [5.74, 6) is -0.591. The summed E-state index contributed by atoms with van der Waals surface area (Å²) < 4.78 is 4.66. The molecule has 0 spiro atoms. The lowest BCUT2D eigenvalue weighted by Crippen LogP contribution is -2.12. The first-order valence-electron chi connectivity index (χ1n) is 5.29. The number of rotatable bonds is 2. The van der Waals surface area contributed by atoms with Crippen molar-refractivity contribution in [3.05, 3.63) is 56.4 Å². The molecule has 0 radical (unpaired) electrons. The Hall–Kier alpha value is -1.78. The molecule has 0 bridgehead atoms. The Kier molecular flexibility index (Phi) is 3.93. The number of benzene rings is 1. The van der Waals surface area contributed by atoms with E-state index in [2.05, 4.69) is 9.72 Å². The standard InChI is InChI=1S/C13H9Cl2NO3/c1-19-13(18)8-5-12(17)16-6-9(8)7-2-3-10(14)11(15)4-7/h2-6H,1H3,(H,16,17). The lowest BCUT2D eigenvalue weighted by Gasteiger charge is -2.08. The highest BCUT2D eigenvalue weighted by Crippen LogP contribution is 2.29. The Labute approximate surface area is 118 Å². The minimum Gasteiger partial charge on any atom is -0.465 e. The smallest absolute Gasteiger partial charge is 0.338 e. The summed E-state index contributed by atoms with van der Waals surface area (Å²) in [6, 6.07) is 6.12. The van der Waals surface area contributed by atoms with Crippen LogP contribution in [0.15, 0.2) is 35.3 Å². The number of ether oxygens (including phenoxy) is 1. The van der Waals surface area contributed by atoms with Crippen LogP contribution in [-0.4, -0.2) is 18.1 Å². The van der Waals surface area contributed by atoms with Gasteiger partial charge < -0.3 is 9.72 Å². The van der Waals surface area contributed by atoms with E-state index in [0.717, 1.165) is 0 Å². The van der Waals surface area contributed by atoms with Gasteiger partial charge in [-0.3, -0.25) is 4.79 Å². The van der Waals surface area contributed by atoms with Crippen LogP contribution in [-0.2, 0) is 4.74 Å². The van der Waals surface area contributed by atoms with Gasteiger partial charge in [-0.15, -0.1) is 0 Å². The number of aromatic amines is 1. The van der Waals surface area contributed by atoms with E-state index in [1.165, 1.54) is 19.4 Å². The zero-order chi connectivity index (χ0) is 14.0. The lowest BCUT2D eigenvalue weighted by molar-refractivity contribution is 0.0601. The average Bonchev–Trinajstić information content (AvgIpc) is 2.41. The molecule has 0 fully saturated rings. The summed E-state index contributed by atoms with van der Waals surface area (Å²) in [6.45, 7) is 0. The van der Waals surface area contributed by atoms with E-state index in [-0.39, 0.29) is 11.1 Å². The molecule has 1 aromatic heterocycles. The number of H-pyrrole nitrogens is 1. The monoisotopic (exact) mass is 297 g/mol. The van der Waals surface area contributed by atoms with Gasteiger partial charge in [0.2, 0.25) is 5.56 Å². The second-order valence-corrected chi connectivity index (χ2v) is 4.56. The molecule has 2 rings (SSSR count). The topological polar surface area (TPSA) is 59.2 Å². The van der Waals surface area contributed by atoms with E-state index in [9.17, 15) is 9.59 Å². The normalized spacial score (nSPS) is 10.3. The largest absolute Gasteiger partial charge is 0.465 e. The highest BCUT2D eigenvalue weighted by atomic mass is 35.5. The molecule has 0 saturated heterocycles. The molecule has 0 amide bonds. The number of hydrogen-bond acceptors (Lipinski definition) is 3. The minimum atomic E-state index is -0.591. The second kappa shape index (κ2) is 5.47. The van der Waals surface area contributed by atoms with Crippen LogP contribution in [0.2, 0.25) is 10.0 Å². The summed E-state index contributed by atoms with van der Waals surface area (Å²) in [7, 11) is 1.25. The van der Waals surface area contributed by atoms with Crippen molar-refractivity contribution in [2.24, 2.45) is 0 Å². The Morgan fingerprint density at radius 3 is 2.58 bits per heavy atom. The van der Waals surface area contributed by atoms with E-state index < -0.39 is 5.97 Å². The third-order valence-corrected chi connectivity index (χ3v) is 3.30. The van der Waals surface area contributed by atoms with E-state index in [4.69, 9.17) is 23.2 Å². The SMILES string of the molecule is COC(=O)c1cc(=O)[nH]cc1-c1ccc(Cl)c(Cl)c1. The fourth-order valence-corrected chi connectivity index (χ4v) is 1.95. The summed E-state index contributed by atoms with van der Waals surface area (Å²) in [5, 5.41) is 0.774. The lowest BCUT2D eigenvalue weighted by atomic mass is 10.0. The molecule has 6 heteroatoms. The zero-order valence-corrected chi connectivity index (χ0v) is 11.4. The molecule has 19 heavy (non-hydrogen) atoms. The Balaban J connectivity index is 2.64. The Bertz CT molecular complexity index is 695. The van der Waals surface area contributed by atoms with Crippen molar-refractivity contribution in [3.63, 3.8) is 0 Å². The van der Waals surface area contributed by atoms with Crippen LogP contribution in [0.4, 0.5) is 0 Å². The number of esters is 1. The van der Waals surface area contributed by atoms with Crippen LogP contribution in [0.25, 0.3) is 11.1 Å². The molecule has 1 aromatic carbocycles. The number of halogens is 2. The number of methoxy groups -OCH3 is 1. The molecule has 4 nitrogen and oxygen atoms in total. The van der Waals surface area contributed by atoms with Crippen molar-refractivity contribution in [3.8, 4) is 11.1 Å². The quantitative estimate of drug-likeness (QED) is 0.866. The number of pyridine rings is 1. The first-order chi connectivity index (χ1) is 9.02. The summed E-state index contributed by atoms with van der Waals surface area (Å²) in [6.07, 6.45) is 1.44. The highest BCUT2D eigenvalue weighted by Gasteiger charge is 2.15. The van der Waals surface area contributed by atoms with Crippen LogP contribution >= 0.6 is 23.2 Å². The maximum absolute atomic E-state index is 11.7. The van der Waals surface area contributed by atoms with Gasteiger partial charge in [0.05, 0.1) is 22.7 Å². The average molecular weight is 298 g/mol. The first kappa shape index (κ1) is 13.6. The summed E-state index contributed by atoms with van der Waals surface area (Å²) in [5.41, 5.74) is 0.963. The van der Waals surface area contributed by atoms with Crippen molar-refractivity contribution in [1.82, 2.24) is 4.98 Å². The van der Waals surface area contributed by atoms with Crippen LogP contribution in [0.1, 0.15) is 10.4 Å².